The van der Waals surface area contributed by atoms with Gasteiger partial charge < -0.3 is 14.2 Å². The monoisotopic (exact) mass is 467 g/mol. The minimum Gasteiger partial charge on any atom is -0.497 e. The number of hydrogen-bond donors (Lipinski definition) is 0. The number of hydrogen-bond acceptors (Lipinski definition) is 4. The second-order valence-electron chi connectivity index (χ2n) is 6.95. The summed E-state index contributed by atoms with van der Waals surface area (Å²) in [6.07, 6.45) is -0.562. The van der Waals surface area contributed by atoms with E-state index in [-0.39, 0.29) is 11.9 Å². The fraction of sp³-hybridized carbons (Fsp3) is 0.208. The number of halogens is 1. The third-order valence-electron chi connectivity index (χ3n) is 5.23. The zero-order valence-corrected chi connectivity index (χ0v) is 18.3. The number of carbonyl (C=O) groups excluding carboxylic acids is 1. The molecule has 1 amide bonds. The summed E-state index contributed by atoms with van der Waals surface area (Å²) in [4.78, 5) is 14.8. The molecule has 0 radical (unpaired) electrons. The number of carbonyl (C=O) groups is 1. The fourth-order valence-electron chi connectivity index (χ4n) is 3.58. The zero-order chi connectivity index (χ0) is 21.1. The summed E-state index contributed by atoms with van der Waals surface area (Å²) in [5.41, 5.74) is 2.80. The second kappa shape index (κ2) is 8.90. The first-order valence-electron chi connectivity index (χ1n) is 9.58. The van der Waals surface area contributed by atoms with Crippen LogP contribution in [0.2, 0.25) is 0 Å². The molecule has 0 spiro atoms. The Balaban J connectivity index is 1.61. The molecule has 3 aromatic carbocycles. The van der Waals surface area contributed by atoms with Crippen LogP contribution >= 0.6 is 15.9 Å². The predicted molar refractivity (Wildman–Crippen MR) is 119 cm³/mol. The van der Waals surface area contributed by atoms with Crippen LogP contribution in [-0.2, 0) is 16.1 Å². The second-order valence-corrected chi connectivity index (χ2v) is 7.80. The largest absolute Gasteiger partial charge is 0.497 e. The van der Waals surface area contributed by atoms with Gasteiger partial charge in [-0.2, -0.15) is 0 Å². The molecular weight excluding hydrogens is 446 g/mol. The lowest BCUT2D eigenvalue weighted by Gasteiger charge is -2.47. The van der Waals surface area contributed by atoms with Gasteiger partial charge in [0.15, 0.2) is 6.10 Å². The van der Waals surface area contributed by atoms with Gasteiger partial charge in [0, 0.05) is 10.2 Å². The molecule has 5 nitrogen and oxygen atoms in total. The number of ether oxygens (including phenoxy) is 3. The van der Waals surface area contributed by atoms with Crippen LogP contribution in [0.25, 0.3) is 0 Å². The molecule has 1 aliphatic heterocycles. The Morgan fingerprint density at radius 2 is 1.47 bits per heavy atom. The van der Waals surface area contributed by atoms with Crippen molar-refractivity contribution in [2.75, 3.05) is 19.1 Å². The number of anilines is 1. The number of nitrogens with zero attached hydrogens (tertiary/aromatic N) is 1. The van der Waals surface area contributed by atoms with Crippen molar-refractivity contribution in [2.24, 2.45) is 0 Å². The molecule has 0 unspecified atom stereocenters. The molecule has 1 aliphatic rings. The summed E-state index contributed by atoms with van der Waals surface area (Å²) in [6, 6.07) is 22.8. The number of amides is 1. The van der Waals surface area contributed by atoms with Crippen molar-refractivity contribution in [2.45, 2.75) is 18.8 Å². The molecular formula is C24H22BrNO4. The highest BCUT2D eigenvalue weighted by molar-refractivity contribution is 9.10. The maximum Gasteiger partial charge on any atom is 0.259 e. The highest BCUT2D eigenvalue weighted by Crippen LogP contribution is 2.42. The minimum atomic E-state index is -0.562. The Labute approximate surface area is 184 Å². The minimum absolute atomic E-state index is 0.0620. The Bertz CT molecular complexity index is 1020. The van der Waals surface area contributed by atoms with E-state index in [9.17, 15) is 4.79 Å². The molecule has 1 heterocycles. The van der Waals surface area contributed by atoms with Crippen LogP contribution in [0.4, 0.5) is 5.69 Å². The van der Waals surface area contributed by atoms with Gasteiger partial charge in [-0.05, 0) is 53.6 Å². The van der Waals surface area contributed by atoms with E-state index in [1.54, 1.807) is 19.1 Å². The lowest BCUT2D eigenvalue weighted by Crippen LogP contribution is -2.60. The van der Waals surface area contributed by atoms with E-state index in [2.05, 4.69) is 15.9 Å². The Morgan fingerprint density at radius 1 is 0.867 bits per heavy atom. The number of rotatable bonds is 7. The van der Waals surface area contributed by atoms with Crippen molar-refractivity contribution < 1.29 is 19.0 Å². The highest BCUT2D eigenvalue weighted by Gasteiger charge is 2.50. The summed E-state index contributed by atoms with van der Waals surface area (Å²) >= 11 is 3.54. The molecule has 3 aromatic rings. The van der Waals surface area contributed by atoms with Crippen molar-refractivity contribution in [3.8, 4) is 11.5 Å². The van der Waals surface area contributed by atoms with E-state index in [0.717, 1.165) is 32.8 Å². The first kappa shape index (κ1) is 20.4. The molecule has 1 fully saturated rings. The molecule has 0 N–H and O–H groups in total. The quantitative estimate of drug-likeness (QED) is 0.451. The summed E-state index contributed by atoms with van der Waals surface area (Å²) in [6.45, 7) is 0.348. The van der Waals surface area contributed by atoms with Crippen LogP contribution in [0.5, 0.6) is 11.5 Å². The summed E-state index contributed by atoms with van der Waals surface area (Å²) in [5.74, 6) is 1.45. The maximum atomic E-state index is 13.1. The average Bonchev–Trinajstić information content (AvgIpc) is 2.79. The Hall–Kier alpha value is -2.83. The highest BCUT2D eigenvalue weighted by atomic mass is 79.9. The van der Waals surface area contributed by atoms with Crippen LogP contribution in [0.1, 0.15) is 17.2 Å². The normalized spacial score (nSPS) is 18.1. The van der Waals surface area contributed by atoms with E-state index in [0.29, 0.717) is 6.61 Å². The van der Waals surface area contributed by atoms with Crippen molar-refractivity contribution in [3.05, 3.63) is 88.4 Å². The van der Waals surface area contributed by atoms with E-state index < -0.39 is 6.10 Å². The summed E-state index contributed by atoms with van der Waals surface area (Å²) in [7, 11) is 3.25. The predicted octanol–water partition coefficient (Wildman–Crippen LogP) is 5.14. The molecule has 6 heteroatoms. The standard InChI is InChI=1S/C24H22BrNO4/c1-28-19-11-7-16(8-12-19)22-23(30-15-17-5-3-4-6-21(17)25)24(27)26(22)18-9-13-20(29-2)14-10-18/h3-14,22-23H,15H2,1-2H3/t22-,23+/m1/s1. The number of benzene rings is 3. The molecule has 0 saturated carbocycles. The maximum absolute atomic E-state index is 13.1. The van der Waals surface area contributed by atoms with E-state index in [4.69, 9.17) is 14.2 Å². The molecule has 0 aromatic heterocycles. The third kappa shape index (κ3) is 3.93. The van der Waals surface area contributed by atoms with Gasteiger partial charge in [0.25, 0.3) is 5.91 Å². The lowest BCUT2D eigenvalue weighted by molar-refractivity contribution is -0.143. The van der Waals surface area contributed by atoms with Crippen molar-refractivity contribution >= 4 is 27.5 Å². The third-order valence-corrected chi connectivity index (χ3v) is 6.00. The molecule has 154 valence electrons. The molecule has 30 heavy (non-hydrogen) atoms. The van der Waals surface area contributed by atoms with Crippen LogP contribution in [0, 0.1) is 0 Å². The Morgan fingerprint density at radius 3 is 2.07 bits per heavy atom. The fourth-order valence-corrected chi connectivity index (χ4v) is 3.97. The Kier molecular flexibility index (Phi) is 6.06. The van der Waals surface area contributed by atoms with E-state index in [1.807, 2.05) is 72.8 Å². The average molecular weight is 468 g/mol. The van der Waals surface area contributed by atoms with Crippen LogP contribution in [0.3, 0.4) is 0 Å². The molecule has 0 bridgehead atoms. The van der Waals surface area contributed by atoms with Gasteiger partial charge in [0.05, 0.1) is 26.9 Å². The lowest BCUT2D eigenvalue weighted by atomic mass is 9.89. The van der Waals surface area contributed by atoms with Crippen LogP contribution in [0.15, 0.2) is 77.3 Å². The van der Waals surface area contributed by atoms with E-state index >= 15 is 0 Å². The first-order chi connectivity index (χ1) is 14.6. The zero-order valence-electron chi connectivity index (χ0n) is 16.7. The van der Waals surface area contributed by atoms with Crippen molar-refractivity contribution in [1.82, 2.24) is 0 Å². The van der Waals surface area contributed by atoms with Gasteiger partial charge in [-0.3, -0.25) is 9.69 Å². The first-order valence-corrected chi connectivity index (χ1v) is 10.4. The van der Waals surface area contributed by atoms with Crippen molar-refractivity contribution in [3.63, 3.8) is 0 Å². The molecule has 4 rings (SSSR count). The molecule has 2 atom stereocenters. The topological polar surface area (TPSA) is 48.0 Å². The summed E-state index contributed by atoms with van der Waals surface area (Å²) in [5, 5.41) is 0. The molecule has 0 aliphatic carbocycles. The van der Waals surface area contributed by atoms with Gasteiger partial charge in [-0.25, -0.2) is 0 Å². The van der Waals surface area contributed by atoms with Gasteiger partial charge >= 0.3 is 0 Å². The number of methoxy groups -OCH3 is 2. The van der Waals surface area contributed by atoms with E-state index in [1.165, 1.54) is 0 Å². The summed E-state index contributed by atoms with van der Waals surface area (Å²) < 4.78 is 17.6. The van der Waals surface area contributed by atoms with Crippen molar-refractivity contribution in [1.29, 1.82) is 0 Å². The van der Waals surface area contributed by atoms with Gasteiger partial charge in [0.2, 0.25) is 0 Å². The van der Waals surface area contributed by atoms with Crippen LogP contribution in [-0.4, -0.2) is 26.2 Å². The van der Waals surface area contributed by atoms with Gasteiger partial charge in [0.1, 0.15) is 11.5 Å². The number of β-lactam (4-membered cyclic amide) rings is 1. The van der Waals surface area contributed by atoms with Crippen LogP contribution < -0.4 is 14.4 Å². The van der Waals surface area contributed by atoms with Gasteiger partial charge in [-0.15, -0.1) is 0 Å². The smallest absolute Gasteiger partial charge is 0.259 e. The molecule has 1 saturated heterocycles. The van der Waals surface area contributed by atoms with Gasteiger partial charge in [-0.1, -0.05) is 46.3 Å². The SMILES string of the molecule is COc1ccc([C@@H]2[C@H](OCc3ccccc3Br)C(=O)N2c2ccc(OC)cc2)cc1.